The summed E-state index contributed by atoms with van der Waals surface area (Å²) in [5, 5.41) is 2.90. The molecule has 1 N–H and O–H groups in total. The molecule has 0 spiro atoms. The van der Waals surface area contributed by atoms with Crippen LogP contribution < -0.4 is 10.1 Å². The van der Waals surface area contributed by atoms with Crippen LogP contribution in [0, 0.1) is 0 Å². The van der Waals surface area contributed by atoms with Crippen LogP contribution >= 0.6 is 0 Å². The number of nitrogens with one attached hydrogen (secondary N) is 1. The van der Waals surface area contributed by atoms with Crippen molar-refractivity contribution in [2.24, 2.45) is 0 Å². The molecule has 1 aromatic carbocycles. The van der Waals surface area contributed by atoms with Crippen LogP contribution in [0.15, 0.2) is 42.6 Å². The third-order valence-corrected chi connectivity index (χ3v) is 3.60. The molecule has 0 unspecified atom stereocenters. The first kappa shape index (κ1) is 13.4. The first-order valence-electron chi connectivity index (χ1n) is 6.89. The Morgan fingerprint density at radius 3 is 2.86 bits per heavy atom. The van der Waals surface area contributed by atoms with Crippen LogP contribution in [0.5, 0.6) is 5.75 Å². The van der Waals surface area contributed by atoms with Crippen molar-refractivity contribution < 1.29 is 9.53 Å². The molecule has 0 bridgehead atoms. The fraction of sp³-hybridized carbons (Fsp3) is 0.250. The number of carbonyl (C=O) groups is 1. The molecular formula is C16H17N3O2. The van der Waals surface area contributed by atoms with E-state index in [-0.39, 0.29) is 6.03 Å². The van der Waals surface area contributed by atoms with Gasteiger partial charge in [0.15, 0.2) is 0 Å². The van der Waals surface area contributed by atoms with Gasteiger partial charge in [0.25, 0.3) is 0 Å². The average Bonchev–Trinajstić information content (AvgIpc) is 2.55. The summed E-state index contributed by atoms with van der Waals surface area (Å²) in [5.74, 6) is 0.768. The number of amides is 2. The van der Waals surface area contributed by atoms with Crippen LogP contribution in [0.1, 0.15) is 11.3 Å². The molecule has 21 heavy (non-hydrogen) atoms. The second-order valence-corrected chi connectivity index (χ2v) is 4.94. The van der Waals surface area contributed by atoms with Gasteiger partial charge in [-0.1, -0.05) is 6.07 Å². The number of benzene rings is 1. The second kappa shape index (κ2) is 5.83. The Labute approximate surface area is 123 Å². The Hall–Kier alpha value is -2.56. The summed E-state index contributed by atoms with van der Waals surface area (Å²) in [6.07, 6.45) is 2.61. The summed E-state index contributed by atoms with van der Waals surface area (Å²) in [7, 11) is 1.62. The summed E-state index contributed by atoms with van der Waals surface area (Å²) in [4.78, 5) is 18.4. The average molecular weight is 283 g/mol. The molecule has 0 saturated heterocycles. The van der Waals surface area contributed by atoms with Crippen molar-refractivity contribution in [1.29, 1.82) is 0 Å². The van der Waals surface area contributed by atoms with E-state index in [0.717, 1.165) is 23.6 Å². The molecule has 108 valence electrons. The summed E-state index contributed by atoms with van der Waals surface area (Å²) >= 11 is 0. The van der Waals surface area contributed by atoms with Crippen molar-refractivity contribution in [3.05, 3.63) is 53.9 Å². The monoisotopic (exact) mass is 283 g/mol. The molecule has 2 heterocycles. The van der Waals surface area contributed by atoms with Crippen molar-refractivity contribution in [3.63, 3.8) is 0 Å². The van der Waals surface area contributed by atoms with E-state index in [9.17, 15) is 4.79 Å². The van der Waals surface area contributed by atoms with E-state index in [4.69, 9.17) is 4.74 Å². The van der Waals surface area contributed by atoms with Crippen molar-refractivity contribution in [2.45, 2.75) is 13.0 Å². The Kier molecular flexibility index (Phi) is 3.73. The first-order valence-corrected chi connectivity index (χ1v) is 6.89. The quantitative estimate of drug-likeness (QED) is 0.922. The number of pyridine rings is 1. The van der Waals surface area contributed by atoms with Crippen molar-refractivity contribution in [1.82, 2.24) is 9.88 Å². The minimum absolute atomic E-state index is 0.100. The molecule has 0 saturated carbocycles. The third kappa shape index (κ3) is 2.97. The van der Waals surface area contributed by atoms with E-state index >= 15 is 0 Å². The van der Waals surface area contributed by atoms with E-state index < -0.39 is 0 Å². The minimum atomic E-state index is -0.100. The molecule has 0 aliphatic carbocycles. The summed E-state index contributed by atoms with van der Waals surface area (Å²) < 4.78 is 5.10. The lowest BCUT2D eigenvalue weighted by Crippen LogP contribution is -2.39. The maximum atomic E-state index is 12.3. The number of urea groups is 1. The van der Waals surface area contributed by atoms with Crippen LogP contribution in [0.25, 0.3) is 0 Å². The number of nitrogens with zero attached hydrogens (tertiary/aromatic N) is 2. The van der Waals surface area contributed by atoms with Gasteiger partial charge in [-0.2, -0.15) is 0 Å². The van der Waals surface area contributed by atoms with Crippen molar-refractivity contribution in [3.8, 4) is 5.75 Å². The standard InChI is InChI=1S/C16H17N3O2/c1-21-14-6-4-13(5-7-14)18-16(20)19-10-8-12-3-2-9-17-15(12)11-19/h2-7,9H,8,10-11H2,1H3,(H,18,20). The van der Waals surface area contributed by atoms with Crippen molar-refractivity contribution in [2.75, 3.05) is 19.0 Å². The van der Waals surface area contributed by atoms with Gasteiger partial charge in [0.05, 0.1) is 19.3 Å². The molecule has 5 heteroatoms. The number of anilines is 1. The van der Waals surface area contributed by atoms with Gasteiger partial charge < -0.3 is 15.0 Å². The Morgan fingerprint density at radius 2 is 2.10 bits per heavy atom. The Balaban J connectivity index is 1.66. The Morgan fingerprint density at radius 1 is 1.29 bits per heavy atom. The maximum Gasteiger partial charge on any atom is 0.322 e. The predicted octanol–water partition coefficient (Wildman–Crippen LogP) is 2.68. The zero-order chi connectivity index (χ0) is 14.7. The fourth-order valence-corrected chi connectivity index (χ4v) is 2.41. The molecule has 3 rings (SSSR count). The smallest absolute Gasteiger partial charge is 0.322 e. The number of fused-ring (bicyclic) bond motifs is 1. The summed E-state index contributed by atoms with van der Waals surface area (Å²) in [6, 6.07) is 11.2. The van der Waals surface area contributed by atoms with E-state index in [0.29, 0.717) is 13.1 Å². The van der Waals surface area contributed by atoms with Gasteiger partial charge in [-0.05, 0) is 42.3 Å². The van der Waals surface area contributed by atoms with Gasteiger partial charge in [-0.15, -0.1) is 0 Å². The normalized spacial score (nSPS) is 13.5. The topological polar surface area (TPSA) is 54.5 Å². The van der Waals surface area contributed by atoms with E-state index in [1.807, 2.05) is 30.3 Å². The van der Waals surface area contributed by atoms with Crippen molar-refractivity contribution >= 4 is 11.7 Å². The third-order valence-electron chi connectivity index (χ3n) is 3.60. The maximum absolute atomic E-state index is 12.3. The largest absolute Gasteiger partial charge is 0.497 e. The van der Waals surface area contributed by atoms with E-state index in [2.05, 4.69) is 16.4 Å². The molecule has 1 aromatic heterocycles. The number of ether oxygens (including phenoxy) is 1. The van der Waals surface area contributed by atoms with Crippen LogP contribution in [0.4, 0.5) is 10.5 Å². The highest BCUT2D eigenvalue weighted by Gasteiger charge is 2.21. The van der Waals surface area contributed by atoms with E-state index in [1.54, 1.807) is 18.2 Å². The van der Waals surface area contributed by atoms with Gasteiger partial charge in [0.1, 0.15) is 5.75 Å². The van der Waals surface area contributed by atoms with Crippen LogP contribution in [0.3, 0.4) is 0 Å². The van der Waals surface area contributed by atoms with Crippen LogP contribution in [-0.4, -0.2) is 29.6 Å². The molecule has 5 nitrogen and oxygen atoms in total. The lowest BCUT2D eigenvalue weighted by atomic mass is 10.1. The van der Waals surface area contributed by atoms with Gasteiger partial charge in [0.2, 0.25) is 0 Å². The van der Waals surface area contributed by atoms with Gasteiger partial charge in [-0.3, -0.25) is 4.98 Å². The predicted molar refractivity (Wildman–Crippen MR) is 80.4 cm³/mol. The molecule has 2 aromatic rings. The van der Waals surface area contributed by atoms with Gasteiger partial charge in [0, 0.05) is 18.4 Å². The van der Waals surface area contributed by atoms with Crippen LogP contribution in [-0.2, 0) is 13.0 Å². The zero-order valence-corrected chi connectivity index (χ0v) is 11.9. The Bertz CT molecular complexity index is 640. The molecule has 0 radical (unpaired) electrons. The molecule has 2 amide bonds. The molecule has 1 aliphatic heterocycles. The number of rotatable bonds is 2. The lowest BCUT2D eigenvalue weighted by Gasteiger charge is -2.28. The molecular weight excluding hydrogens is 266 g/mol. The first-order chi connectivity index (χ1) is 10.3. The number of aromatic nitrogens is 1. The highest BCUT2D eigenvalue weighted by molar-refractivity contribution is 5.89. The van der Waals surface area contributed by atoms with Crippen LogP contribution in [0.2, 0.25) is 0 Å². The van der Waals surface area contributed by atoms with E-state index in [1.165, 1.54) is 5.56 Å². The summed E-state index contributed by atoms with van der Waals surface area (Å²) in [5.41, 5.74) is 2.97. The minimum Gasteiger partial charge on any atom is -0.497 e. The lowest BCUT2D eigenvalue weighted by molar-refractivity contribution is 0.205. The van der Waals surface area contributed by atoms with Gasteiger partial charge >= 0.3 is 6.03 Å². The highest BCUT2D eigenvalue weighted by atomic mass is 16.5. The number of methoxy groups -OCH3 is 1. The number of hydrogen-bond donors (Lipinski definition) is 1. The summed E-state index contributed by atoms with van der Waals surface area (Å²) in [6.45, 7) is 1.26. The molecule has 0 fully saturated rings. The molecule has 1 aliphatic rings. The number of hydrogen-bond acceptors (Lipinski definition) is 3. The SMILES string of the molecule is COc1ccc(NC(=O)N2CCc3cccnc3C2)cc1. The number of carbonyl (C=O) groups excluding carboxylic acids is 1. The molecule has 0 atom stereocenters. The van der Waals surface area contributed by atoms with Gasteiger partial charge in [-0.25, -0.2) is 4.79 Å². The fourth-order valence-electron chi connectivity index (χ4n) is 2.41. The highest BCUT2D eigenvalue weighted by Crippen LogP contribution is 2.19. The second-order valence-electron chi connectivity index (χ2n) is 4.94. The zero-order valence-electron chi connectivity index (χ0n) is 11.9.